The Morgan fingerprint density at radius 3 is 2.93 bits per heavy atom. The van der Waals surface area contributed by atoms with Crippen LogP contribution in [0.25, 0.3) is 0 Å². The molecule has 0 bridgehead atoms. The second kappa shape index (κ2) is 4.22. The summed E-state index contributed by atoms with van der Waals surface area (Å²) in [6.07, 6.45) is 1.65. The van der Waals surface area contributed by atoms with Gasteiger partial charge in [0.25, 0.3) is 0 Å². The van der Waals surface area contributed by atoms with Crippen LogP contribution < -0.4 is 11.6 Å². The molecule has 1 aromatic rings. The summed E-state index contributed by atoms with van der Waals surface area (Å²) in [6, 6.07) is 2.84. The SMILES string of the molecule is NN=C(N)Cc1cc(C(=O)O)ccn1. The minimum absolute atomic E-state index is 0.167. The number of nitrogens with two attached hydrogens (primary N) is 2. The fourth-order valence-corrected chi connectivity index (χ4v) is 0.939. The van der Waals surface area contributed by atoms with E-state index in [2.05, 4.69) is 10.1 Å². The van der Waals surface area contributed by atoms with E-state index in [0.29, 0.717) is 5.69 Å². The van der Waals surface area contributed by atoms with E-state index in [9.17, 15) is 4.79 Å². The van der Waals surface area contributed by atoms with Crippen molar-refractivity contribution >= 4 is 11.8 Å². The van der Waals surface area contributed by atoms with Gasteiger partial charge in [-0.2, -0.15) is 5.10 Å². The number of hydrogen-bond acceptors (Lipinski definition) is 4. The zero-order chi connectivity index (χ0) is 10.6. The molecule has 74 valence electrons. The van der Waals surface area contributed by atoms with E-state index in [0.717, 1.165) is 0 Å². The average molecular weight is 194 g/mol. The number of amidine groups is 1. The quantitative estimate of drug-likeness (QED) is 0.261. The molecule has 0 saturated heterocycles. The van der Waals surface area contributed by atoms with E-state index >= 15 is 0 Å². The highest BCUT2D eigenvalue weighted by molar-refractivity contribution is 5.88. The number of hydrogen-bond donors (Lipinski definition) is 3. The Morgan fingerprint density at radius 2 is 2.36 bits per heavy atom. The second-order valence-electron chi connectivity index (χ2n) is 2.64. The zero-order valence-corrected chi connectivity index (χ0v) is 7.34. The first-order chi connectivity index (χ1) is 6.63. The van der Waals surface area contributed by atoms with E-state index in [1.165, 1.54) is 18.3 Å². The van der Waals surface area contributed by atoms with Crippen molar-refractivity contribution in [2.24, 2.45) is 16.7 Å². The van der Waals surface area contributed by atoms with Gasteiger partial charge in [0, 0.05) is 18.3 Å². The van der Waals surface area contributed by atoms with Crippen LogP contribution in [0.3, 0.4) is 0 Å². The summed E-state index contributed by atoms with van der Waals surface area (Å²) in [7, 11) is 0. The van der Waals surface area contributed by atoms with Gasteiger partial charge < -0.3 is 16.7 Å². The molecule has 1 rings (SSSR count). The summed E-state index contributed by atoms with van der Waals surface area (Å²) in [4.78, 5) is 14.5. The van der Waals surface area contributed by atoms with Crippen molar-refractivity contribution in [2.75, 3.05) is 0 Å². The number of rotatable bonds is 3. The molecule has 6 nitrogen and oxygen atoms in total. The number of hydrazone groups is 1. The molecule has 0 unspecified atom stereocenters. The van der Waals surface area contributed by atoms with Crippen molar-refractivity contribution in [1.82, 2.24) is 4.98 Å². The Bertz CT molecular complexity index is 375. The lowest BCUT2D eigenvalue weighted by atomic mass is 10.2. The summed E-state index contributed by atoms with van der Waals surface area (Å²) in [5.74, 6) is 4.14. The van der Waals surface area contributed by atoms with Crippen LogP contribution in [-0.4, -0.2) is 21.9 Å². The monoisotopic (exact) mass is 194 g/mol. The Kier molecular flexibility index (Phi) is 3.01. The molecule has 0 saturated carbocycles. The van der Waals surface area contributed by atoms with Gasteiger partial charge in [-0.1, -0.05) is 0 Å². The highest BCUT2D eigenvalue weighted by Gasteiger charge is 2.05. The van der Waals surface area contributed by atoms with Gasteiger partial charge >= 0.3 is 5.97 Å². The summed E-state index contributed by atoms with van der Waals surface area (Å²) in [5, 5.41) is 12.0. The van der Waals surface area contributed by atoms with Gasteiger partial charge in [0.1, 0.15) is 5.84 Å². The highest BCUT2D eigenvalue weighted by Crippen LogP contribution is 2.02. The number of nitrogens with zero attached hydrogens (tertiary/aromatic N) is 2. The molecule has 5 N–H and O–H groups in total. The van der Waals surface area contributed by atoms with Gasteiger partial charge in [0.15, 0.2) is 0 Å². The van der Waals surface area contributed by atoms with Crippen LogP contribution >= 0.6 is 0 Å². The minimum atomic E-state index is -1.00. The van der Waals surface area contributed by atoms with Gasteiger partial charge in [0.2, 0.25) is 0 Å². The third-order valence-corrected chi connectivity index (χ3v) is 1.59. The maximum atomic E-state index is 10.6. The standard InChI is InChI=1S/C8H10N4O2/c9-7(12-10)4-6-3-5(8(13)14)1-2-11-6/h1-3H,4,10H2,(H2,9,12)(H,13,14). The summed E-state index contributed by atoms with van der Waals surface area (Å²) in [6.45, 7) is 0. The fourth-order valence-electron chi connectivity index (χ4n) is 0.939. The van der Waals surface area contributed by atoms with E-state index in [4.69, 9.17) is 16.7 Å². The van der Waals surface area contributed by atoms with Gasteiger partial charge in [-0.25, -0.2) is 4.79 Å². The molecule has 14 heavy (non-hydrogen) atoms. The molecule has 0 spiro atoms. The number of aromatic carboxylic acids is 1. The maximum absolute atomic E-state index is 10.6. The first kappa shape index (κ1) is 9.97. The van der Waals surface area contributed by atoms with Crippen LogP contribution in [0.2, 0.25) is 0 Å². The minimum Gasteiger partial charge on any atom is -0.478 e. The van der Waals surface area contributed by atoms with Crippen LogP contribution in [0.5, 0.6) is 0 Å². The number of pyridine rings is 1. The third kappa shape index (κ3) is 2.44. The normalized spacial score (nSPS) is 11.3. The summed E-state index contributed by atoms with van der Waals surface area (Å²) < 4.78 is 0. The molecule has 0 fully saturated rings. The van der Waals surface area contributed by atoms with Crippen molar-refractivity contribution < 1.29 is 9.90 Å². The van der Waals surface area contributed by atoms with E-state index in [-0.39, 0.29) is 17.8 Å². The lowest BCUT2D eigenvalue weighted by molar-refractivity contribution is 0.0696. The van der Waals surface area contributed by atoms with Crippen LogP contribution in [0, 0.1) is 0 Å². The molecular formula is C8H10N4O2. The van der Waals surface area contributed by atoms with E-state index in [1.807, 2.05) is 0 Å². The second-order valence-corrected chi connectivity index (χ2v) is 2.64. The van der Waals surface area contributed by atoms with E-state index < -0.39 is 5.97 Å². The smallest absolute Gasteiger partial charge is 0.335 e. The Balaban J connectivity index is 2.89. The van der Waals surface area contributed by atoms with Crippen LogP contribution in [0.1, 0.15) is 16.1 Å². The lowest BCUT2D eigenvalue weighted by Gasteiger charge is -2.00. The highest BCUT2D eigenvalue weighted by atomic mass is 16.4. The average Bonchev–Trinajstić information content (AvgIpc) is 2.18. The maximum Gasteiger partial charge on any atom is 0.335 e. The van der Waals surface area contributed by atoms with Crippen molar-refractivity contribution in [3.05, 3.63) is 29.6 Å². The summed E-state index contributed by atoms with van der Waals surface area (Å²) >= 11 is 0. The van der Waals surface area contributed by atoms with Gasteiger partial charge in [0.05, 0.1) is 5.56 Å². The Morgan fingerprint density at radius 1 is 1.64 bits per heavy atom. The molecule has 0 aliphatic rings. The number of carboxylic acids is 1. The fraction of sp³-hybridized carbons (Fsp3) is 0.125. The Hall–Kier alpha value is -2.11. The largest absolute Gasteiger partial charge is 0.478 e. The molecule has 0 aliphatic carbocycles. The van der Waals surface area contributed by atoms with Crippen LogP contribution in [-0.2, 0) is 6.42 Å². The molecule has 0 aromatic carbocycles. The molecule has 0 aliphatic heterocycles. The van der Waals surface area contributed by atoms with Crippen molar-refractivity contribution in [2.45, 2.75) is 6.42 Å². The molecule has 0 atom stereocenters. The van der Waals surface area contributed by atoms with E-state index in [1.54, 1.807) is 0 Å². The molecular weight excluding hydrogens is 184 g/mol. The molecule has 1 aromatic heterocycles. The van der Waals surface area contributed by atoms with Crippen LogP contribution in [0.4, 0.5) is 0 Å². The van der Waals surface area contributed by atoms with Gasteiger partial charge in [-0.3, -0.25) is 4.98 Å². The zero-order valence-electron chi connectivity index (χ0n) is 7.34. The predicted molar refractivity (Wildman–Crippen MR) is 50.7 cm³/mol. The summed E-state index contributed by atoms with van der Waals surface area (Å²) in [5.41, 5.74) is 6.06. The Labute approximate surface area is 80.2 Å². The molecule has 0 amide bonds. The first-order valence-electron chi connectivity index (χ1n) is 3.84. The van der Waals surface area contributed by atoms with Crippen molar-refractivity contribution in [3.63, 3.8) is 0 Å². The number of carboxylic acid groups (broad SMARTS) is 1. The van der Waals surface area contributed by atoms with Gasteiger partial charge in [-0.05, 0) is 12.1 Å². The van der Waals surface area contributed by atoms with Crippen LogP contribution in [0.15, 0.2) is 23.4 Å². The van der Waals surface area contributed by atoms with Crippen molar-refractivity contribution in [3.8, 4) is 0 Å². The lowest BCUT2D eigenvalue weighted by Crippen LogP contribution is -2.17. The predicted octanol–water partition coefficient (Wildman–Crippen LogP) is -0.447. The topological polar surface area (TPSA) is 115 Å². The molecule has 6 heteroatoms. The third-order valence-electron chi connectivity index (χ3n) is 1.59. The van der Waals surface area contributed by atoms with Gasteiger partial charge in [-0.15, -0.1) is 0 Å². The first-order valence-corrected chi connectivity index (χ1v) is 3.84. The molecule has 0 radical (unpaired) electrons. The number of carbonyl (C=O) groups is 1. The molecule has 1 heterocycles. The number of aromatic nitrogens is 1. The van der Waals surface area contributed by atoms with Crippen molar-refractivity contribution in [1.29, 1.82) is 0 Å².